The Labute approximate surface area is 127 Å². The summed E-state index contributed by atoms with van der Waals surface area (Å²) < 4.78 is 11.6. The monoisotopic (exact) mass is 342 g/mol. The molecule has 0 saturated carbocycles. The molecule has 1 atom stereocenters. The lowest BCUT2D eigenvalue weighted by Gasteiger charge is -2.32. The third-order valence-corrected chi connectivity index (χ3v) is 3.66. The number of carbonyl (C=O) groups is 1. The number of methoxy groups -OCH3 is 1. The van der Waals surface area contributed by atoms with E-state index >= 15 is 0 Å². The number of rotatable bonds is 4. The summed E-state index contributed by atoms with van der Waals surface area (Å²) in [5.74, 6) is 0. The van der Waals surface area contributed by atoms with Gasteiger partial charge in [-0.2, -0.15) is 0 Å². The fraction of sp³-hybridized carbons (Fsp3) is 0.500. The number of hydrogen-bond donors (Lipinski definition) is 1. The van der Waals surface area contributed by atoms with Crippen LogP contribution in [0.15, 0.2) is 28.7 Å². The summed E-state index contributed by atoms with van der Waals surface area (Å²) in [5, 5.41) is 2.93. The standard InChI is InChI=1S/C14H19BrN2O3/c1-19-10-13-9-17(6-7-20-13)14(18)16-8-11-2-4-12(15)5-3-11/h2-5,13H,6-10H2,1H3,(H,16,18)/t13-/m0/s1. The SMILES string of the molecule is COC[C@@H]1CN(C(=O)NCc2ccc(Br)cc2)CCO1. The van der Waals surface area contributed by atoms with Gasteiger partial charge < -0.3 is 19.7 Å². The first-order valence-electron chi connectivity index (χ1n) is 6.57. The molecule has 1 aliphatic heterocycles. The van der Waals surface area contributed by atoms with E-state index in [4.69, 9.17) is 9.47 Å². The van der Waals surface area contributed by atoms with Crippen molar-refractivity contribution in [1.29, 1.82) is 0 Å². The van der Waals surface area contributed by atoms with E-state index in [1.165, 1.54) is 0 Å². The lowest BCUT2D eigenvalue weighted by molar-refractivity contribution is -0.0494. The number of ether oxygens (including phenoxy) is 2. The van der Waals surface area contributed by atoms with Crippen molar-refractivity contribution in [3.05, 3.63) is 34.3 Å². The Balaban J connectivity index is 1.80. The predicted molar refractivity (Wildman–Crippen MR) is 79.6 cm³/mol. The number of hydrogen-bond acceptors (Lipinski definition) is 3. The molecule has 0 aromatic heterocycles. The molecule has 20 heavy (non-hydrogen) atoms. The van der Waals surface area contributed by atoms with Crippen molar-refractivity contribution < 1.29 is 14.3 Å². The van der Waals surface area contributed by atoms with E-state index in [1.54, 1.807) is 12.0 Å². The van der Waals surface area contributed by atoms with Crippen LogP contribution in [0.2, 0.25) is 0 Å². The molecular weight excluding hydrogens is 324 g/mol. The highest BCUT2D eigenvalue weighted by atomic mass is 79.9. The minimum absolute atomic E-state index is 0.0350. The van der Waals surface area contributed by atoms with Crippen LogP contribution in [0.25, 0.3) is 0 Å². The van der Waals surface area contributed by atoms with Gasteiger partial charge in [-0.15, -0.1) is 0 Å². The molecule has 1 aliphatic rings. The number of urea groups is 1. The van der Waals surface area contributed by atoms with Crippen LogP contribution in [0.1, 0.15) is 5.56 Å². The number of benzene rings is 1. The van der Waals surface area contributed by atoms with Crippen molar-refractivity contribution in [2.24, 2.45) is 0 Å². The summed E-state index contributed by atoms with van der Waals surface area (Å²) in [5.41, 5.74) is 1.07. The third-order valence-electron chi connectivity index (χ3n) is 3.14. The minimum atomic E-state index is -0.0580. The number of halogens is 1. The van der Waals surface area contributed by atoms with Crippen LogP contribution in [0.5, 0.6) is 0 Å². The van der Waals surface area contributed by atoms with Crippen LogP contribution in [-0.2, 0) is 16.0 Å². The van der Waals surface area contributed by atoms with E-state index in [1.807, 2.05) is 24.3 Å². The van der Waals surface area contributed by atoms with Gasteiger partial charge in [0.1, 0.15) is 0 Å². The highest BCUT2D eigenvalue weighted by Crippen LogP contribution is 2.11. The maximum Gasteiger partial charge on any atom is 0.317 e. The zero-order valence-electron chi connectivity index (χ0n) is 11.5. The van der Waals surface area contributed by atoms with E-state index in [2.05, 4.69) is 21.2 Å². The summed E-state index contributed by atoms with van der Waals surface area (Å²) in [4.78, 5) is 13.9. The average molecular weight is 343 g/mol. The number of nitrogens with zero attached hydrogens (tertiary/aromatic N) is 1. The predicted octanol–water partition coefficient (Wildman–Crippen LogP) is 2.01. The second-order valence-electron chi connectivity index (χ2n) is 4.68. The molecule has 6 heteroatoms. The lowest BCUT2D eigenvalue weighted by Crippen LogP contribution is -2.50. The van der Waals surface area contributed by atoms with Gasteiger partial charge in [0.15, 0.2) is 0 Å². The molecule has 1 aromatic carbocycles. The smallest absolute Gasteiger partial charge is 0.317 e. The van der Waals surface area contributed by atoms with Gasteiger partial charge in [0.25, 0.3) is 0 Å². The second-order valence-corrected chi connectivity index (χ2v) is 5.60. The third kappa shape index (κ3) is 4.47. The Morgan fingerprint density at radius 1 is 1.50 bits per heavy atom. The van der Waals surface area contributed by atoms with E-state index in [9.17, 15) is 4.79 Å². The van der Waals surface area contributed by atoms with Crippen LogP contribution in [0, 0.1) is 0 Å². The number of nitrogens with one attached hydrogen (secondary N) is 1. The zero-order valence-corrected chi connectivity index (χ0v) is 13.1. The maximum absolute atomic E-state index is 12.1. The van der Waals surface area contributed by atoms with Crippen LogP contribution >= 0.6 is 15.9 Å². The van der Waals surface area contributed by atoms with Crippen molar-refractivity contribution in [3.63, 3.8) is 0 Å². The Morgan fingerprint density at radius 3 is 2.95 bits per heavy atom. The number of carbonyl (C=O) groups excluding carboxylic acids is 1. The Morgan fingerprint density at radius 2 is 2.25 bits per heavy atom. The van der Waals surface area contributed by atoms with E-state index in [0.29, 0.717) is 32.8 Å². The van der Waals surface area contributed by atoms with Gasteiger partial charge in [-0.1, -0.05) is 28.1 Å². The summed E-state index contributed by atoms with van der Waals surface area (Å²) in [6.07, 6.45) is -0.0350. The van der Waals surface area contributed by atoms with Crippen LogP contribution < -0.4 is 5.32 Å². The second kappa shape index (κ2) is 7.61. The van der Waals surface area contributed by atoms with Gasteiger partial charge in [0.2, 0.25) is 0 Å². The minimum Gasteiger partial charge on any atom is -0.382 e. The summed E-state index contributed by atoms with van der Waals surface area (Å²) in [6.45, 7) is 2.78. The van der Waals surface area contributed by atoms with Crippen molar-refractivity contribution in [2.75, 3.05) is 33.4 Å². The first kappa shape index (κ1) is 15.3. The van der Waals surface area contributed by atoms with Gasteiger partial charge >= 0.3 is 6.03 Å². The maximum atomic E-state index is 12.1. The fourth-order valence-electron chi connectivity index (χ4n) is 2.08. The molecular formula is C14H19BrN2O3. The van der Waals surface area contributed by atoms with Crippen molar-refractivity contribution >= 4 is 22.0 Å². The molecule has 2 rings (SSSR count). The molecule has 1 saturated heterocycles. The molecule has 0 bridgehead atoms. The molecule has 2 amide bonds. The first-order valence-corrected chi connectivity index (χ1v) is 7.36. The van der Waals surface area contributed by atoms with Gasteiger partial charge in [-0.05, 0) is 17.7 Å². The van der Waals surface area contributed by atoms with Crippen molar-refractivity contribution in [3.8, 4) is 0 Å². The summed E-state index contributed by atoms with van der Waals surface area (Å²) >= 11 is 3.39. The van der Waals surface area contributed by atoms with E-state index < -0.39 is 0 Å². The molecule has 1 heterocycles. The Bertz CT molecular complexity index is 437. The van der Waals surface area contributed by atoms with Crippen LogP contribution in [-0.4, -0.2) is 50.4 Å². The van der Waals surface area contributed by atoms with Gasteiger partial charge in [-0.3, -0.25) is 0 Å². The Hall–Kier alpha value is -1.11. The normalized spacial score (nSPS) is 18.9. The summed E-state index contributed by atoms with van der Waals surface area (Å²) in [7, 11) is 1.63. The zero-order chi connectivity index (χ0) is 14.4. The van der Waals surface area contributed by atoms with Crippen LogP contribution in [0.4, 0.5) is 4.79 Å². The number of amides is 2. The van der Waals surface area contributed by atoms with Crippen molar-refractivity contribution in [1.82, 2.24) is 10.2 Å². The van der Waals surface area contributed by atoms with Gasteiger partial charge in [0.05, 0.1) is 25.9 Å². The largest absolute Gasteiger partial charge is 0.382 e. The molecule has 0 spiro atoms. The topological polar surface area (TPSA) is 50.8 Å². The number of morpholine rings is 1. The Kier molecular flexibility index (Phi) is 5.82. The van der Waals surface area contributed by atoms with E-state index in [-0.39, 0.29) is 12.1 Å². The molecule has 110 valence electrons. The average Bonchev–Trinajstić information content (AvgIpc) is 2.47. The molecule has 5 nitrogen and oxygen atoms in total. The first-order chi connectivity index (χ1) is 9.69. The quantitative estimate of drug-likeness (QED) is 0.910. The molecule has 1 N–H and O–H groups in total. The van der Waals surface area contributed by atoms with Gasteiger partial charge in [0, 0.05) is 24.7 Å². The molecule has 0 aliphatic carbocycles. The molecule has 0 radical (unpaired) electrons. The fourth-order valence-corrected chi connectivity index (χ4v) is 2.35. The molecule has 1 fully saturated rings. The van der Waals surface area contributed by atoms with Crippen LogP contribution in [0.3, 0.4) is 0 Å². The van der Waals surface area contributed by atoms with Crippen molar-refractivity contribution in [2.45, 2.75) is 12.6 Å². The molecule has 1 aromatic rings. The lowest BCUT2D eigenvalue weighted by atomic mass is 10.2. The van der Waals surface area contributed by atoms with E-state index in [0.717, 1.165) is 10.0 Å². The molecule has 0 unspecified atom stereocenters. The highest BCUT2D eigenvalue weighted by Gasteiger charge is 2.23. The highest BCUT2D eigenvalue weighted by molar-refractivity contribution is 9.10. The van der Waals surface area contributed by atoms with Gasteiger partial charge in [-0.25, -0.2) is 4.79 Å². The summed E-state index contributed by atoms with van der Waals surface area (Å²) in [6, 6.07) is 7.84.